The van der Waals surface area contributed by atoms with Gasteiger partial charge >= 0.3 is 5.97 Å². The number of nitrogens with zero attached hydrogens (tertiary/aromatic N) is 3. The molecule has 1 N–H and O–H groups in total. The number of benzene rings is 1. The van der Waals surface area contributed by atoms with Crippen LogP contribution in [0.25, 0.3) is 0 Å². The molecule has 31 heavy (non-hydrogen) atoms. The second-order valence-electron chi connectivity index (χ2n) is 7.92. The van der Waals surface area contributed by atoms with Crippen molar-refractivity contribution in [3.63, 3.8) is 0 Å². The van der Waals surface area contributed by atoms with Crippen LogP contribution in [-0.4, -0.2) is 87.9 Å². The first-order valence-electron chi connectivity index (χ1n) is 11.0. The van der Waals surface area contributed by atoms with Crippen LogP contribution in [-0.2, 0) is 24.1 Å². The third kappa shape index (κ3) is 7.17. The van der Waals surface area contributed by atoms with Crippen LogP contribution >= 0.6 is 0 Å². The van der Waals surface area contributed by atoms with E-state index in [0.717, 1.165) is 63.5 Å². The molecule has 1 aromatic rings. The van der Waals surface area contributed by atoms with Crippen molar-refractivity contribution in [3.8, 4) is 0 Å². The van der Waals surface area contributed by atoms with Gasteiger partial charge in [-0.3, -0.25) is 19.4 Å². The van der Waals surface area contributed by atoms with Gasteiger partial charge in [-0.1, -0.05) is 0 Å². The fourth-order valence-corrected chi connectivity index (χ4v) is 3.93. The van der Waals surface area contributed by atoms with Gasteiger partial charge in [0, 0.05) is 43.5 Å². The molecule has 0 aliphatic carbocycles. The van der Waals surface area contributed by atoms with Gasteiger partial charge in [0.05, 0.1) is 20.3 Å². The van der Waals surface area contributed by atoms with Crippen LogP contribution in [0.2, 0.25) is 0 Å². The van der Waals surface area contributed by atoms with E-state index in [1.54, 1.807) is 0 Å². The molecule has 9 heteroatoms. The number of piperidine rings is 1. The Hall–Kier alpha value is -2.20. The fraction of sp³-hybridized carbons (Fsp3) is 0.636. The minimum Gasteiger partial charge on any atom is -0.468 e. The quantitative estimate of drug-likeness (QED) is 0.271. The molecule has 0 bridgehead atoms. The molecule has 1 aromatic carbocycles. The van der Waals surface area contributed by atoms with Gasteiger partial charge in [0.15, 0.2) is 0 Å². The first-order chi connectivity index (χ1) is 15.1. The number of carbonyl (C=O) groups excluding carboxylic acids is 2. The molecule has 0 atom stereocenters. The summed E-state index contributed by atoms with van der Waals surface area (Å²) >= 11 is 0. The highest BCUT2D eigenvalue weighted by molar-refractivity contribution is 5.92. The summed E-state index contributed by atoms with van der Waals surface area (Å²) in [6.07, 6.45) is 1.50. The van der Waals surface area contributed by atoms with Crippen LogP contribution < -0.4 is 10.2 Å². The van der Waals surface area contributed by atoms with Crippen molar-refractivity contribution in [2.24, 2.45) is 5.92 Å². The van der Waals surface area contributed by atoms with Crippen molar-refractivity contribution < 1.29 is 24.1 Å². The van der Waals surface area contributed by atoms with Gasteiger partial charge in [0.25, 0.3) is 0 Å². The molecule has 2 saturated heterocycles. The molecule has 2 aliphatic heterocycles. The van der Waals surface area contributed by atoms with Crippen LogP contribution in [0.4, 0.5) is 11.4 Å². The van der Waals surface area contributed by atoms with E-state index >= 15 is 0 Å². The van der Waals surface area contributed by atoms with Crippen LogP contribution in [0.3, 0.4) is 0 Å². The van der Waals surface area contributed by atoms with Crippen LogP contribution in [0.15, 0.2) is 24.3 Å². The minimum absolute atomic E-state index is 0.0273. The van der Waals surface area contributed by atoms with E-state index in [4.69, 9.17) is 14.5 Å². The maximum atomic E-state index is 12.6. The van der Waals surface area contributed by atoms with Gasteiger partial charge in [-0.05, 0) is 57.1 Å². The number of carbonyl (C=O) groups is 2. The Morgan fingerprint density at radius 1 is 0.968 bits per heavy atom. The highest BCUT2D eigenvalue weighted by Crippen LogP contribution is 2.22. The van der Waals surface area contributed by atoms with Gasteiger partial charge in [0.2, 0.25) is 5.91 Å². The molecule has 3 rings (SSSR count). The molecule has 0 saturated carbocycles. The number of likely N-dealkylation sites (tertiary alicyclic amines) is 1. The Kier molecular flexibility index (Phi) is 9.08. The average Bonchev–Trinajstić information content (AvgIpc) is 2.80. The van der Waals surface area contributed by atoms with Crippen LogP contribution in [0.1, 0.15) is 19.8 Å². The number of nitrogens with one attached hydrogen (secondary N) is 1. The molecule has 2 heterocycles. The zero-order chi connectivity index (χ0) is 22.1. The molecule has 2 aliphatic rings. The number of anilines is 2. The number of hydrogen-bond donors (Lipinski definition) is 1. The molecule has 0 unspecified atom stereocenters. The van der Waals surface area contributed by atoms with Gasteiger partial charge in [-0.2, -0.15) is 0 Å². The lowest BCUT2D eigenvalue weighted by molar-refractivity contribution is -0.312. The molecule has 2 fully saturated rings. The normalized spacial score (nSPS) is 18.7. The zero-order valence-electron chi connectivity index (χ0n) is 18.5. The molecule has 0 aromatic heterocycles. The Balaban J connectivity index is 1.41. The first-order valence-corrected chi connectivity index (χ1v) is 11.0. The zero-order valence-corrected chi connectivity index (χ0v) is 18.5. The molecule has 0 spiro atoms. The van der Waals surface area contributed by atoms with E-state index in [9.17, 15) is 9.59 Å². The van der Waals surface area contributed by atoms with E-state index in [2.05, 4.69) is 27.2 Å². The lowest BCUT2D eigenvalue weighted by atomic mass is 9.96. The molecular formula is C22H34N4O5. The minimum atomic E-state index is -0.233. The van der Waals surface area contributed by atoms with Gasteiger partial charge in [-0.25, -0.2) is 9.78 Å². The summed E-state index contributed by atoms with van der Waals surface area (Å²) in [5, 5.41) is 3.04. The van der Waals surface area contributed by atoms with E-state index in [0.29, 0.717) is 19.9 Å². The first kappa shape index (κ1) is 23.5. The van der Waals surface area contributed by atoms with Crippen molar-refractivity contribution in [3.05, 3.63) is 24.3 Å². The average molecular weight is 435 g/mol. The maximum Gasteiger partial charge on any atom is 0.319 e. The Labute approximate surface area is 184 Å². The third-order valence-corrected chi connectivity index (χ3v) is 5.85. The maximum absolute atomic E-state index is 12.6. The van der Waals surface area contributed by atoms with Crippen LogP contribution in [0.5, 0.6) is 0 Å². The van der Waals surface area contributed by atoms with Crippen molar-refractivity contribution >= 4 is 23.3 Å². The predicted octanol–water partition coefficient (Wildman–Crippen LogP) is 1.56. The SMILES string of the molecule is CCOOCN1CCN(c2ccc(NC(=O)C3CCN(CC(=O)OC)CC3)cc2)CC1. The summed E-state index contributed by atoms with van der Waals surface area (Å²) in [5.74, 6) is -0.211. The summed E-state index contributed by atoms with van der Waals surface area (Å²) in [7, 11) is 1.40. The number of amides is 1. The van der Waals surface area contributed by atoms with E-state index in [1.165, 1.54) is 7.11 Å². The summed E-state index contributed by atoms with van der Waals surface area (Å²) in [4.78, 5) is 40.7. The van der Waals surface area contributed by atoms with Gasteiger partial charge in [0.1, 0.15) is 6.73 Å². The summed E-state index contributed by atoms with van der Waals surface area (Å²) < 4.78 is 4.71. The molecule has 1 amide bonds. The second-order valence-corrected chi connectivity index (χ2v) is 7.92. The number of rotatable bonds is 9. The van der Waals surface area contributed by atoms with Crippen molar-refractivity contribution in [2.45, 2.75) is 19.8 Å². The molecule has 0 radical (unpaired) electrons. The van der Waals surface area contributed by atoms with Crippen molar-refractivity contribution in [1.82, 2.24) is 9.80 Å². The Morgan fingerprint density at radius 2 is 1.65 bits per heavy atom. The summed E-state index contributed by atoms with van der Waals surface area (Å²) in [6, 6.07) is 8.04. The summed E-state index contributed by atoms with van der Waals surface area (Å²) in [6.45, 7) is 8.38. The predicted molar refractivity (Wildman–Crippen MR) is 118 cm³/mol. The molecule has 172 valence electrons. The highest BCUT2D eigenvalue weighted by Gasteiger charge is 2.26. The van der Waals surface area contributed by atoms with E-state index in [-0.39, 0.29) is 17.8 Å². The van der Waals surface area contributed by atoms with E-state index < -0.39 is 0 Å². The lowest BCUT2D eigenvalue weighted by Gasteiger charge is -2.35. The summed E-state index contributed by atoms with van der Waals surface area (Å²) in [5.41, 5.74) is 1.97. The number of esters is 1. The van der Waals surface area contributed by atoms with Crippen molar-refractivity contribution in [2.75, 3.05) is 76.5 Å². The number of ether oxygens (including phenoxy) is 1. The number of methoxy groups -OCH3 is 1. The monoisotopic (exact) mass is 434 g/mol. The number of hydrogen-bond acceptors (Lipinski definition) is 8. The topological polar surface area (TPSA) is 83.6 Å². The highest BCUT2D eigenvalue weighted by atomic mass is 17.2. The van der Waals surface area contributed by atoms with Crippen molar-refractivity contribution in [1.29, 1.82) is 0 Å². The second kappa shape index (κ2) is 12.0. The largest absolute Gasteiger partial charge is 0.468 e. The lowest BCUT2D eigenvalue weighted by Crippen LogP contribution is -2.47. The van der Waals surface area contributed by atoms with E-state index in [1.807, 2.05) is 24.0 Å². The number of piperazine rings is 1. The van der Waals surface area contributed by atoms with Crippen LogP contribution in [0, 0.1) is 5.92 Å². The smallest absolute Gasteiger partial charge is 0.319 e. The van der Waals surface area contributed by atoms with Gasteiger partial charge in [-0.15, -0.1) is 0 Å². The fourth-order valence-electron chi connectivity index (χ4n) is 3.93. The van der Waals surface area contributed by atoms with Gasteiger partial charge < -0.3 is 15.0 Å². The third-order valence-electron chi connectivity index (χ3n) is 5.85. The Morgan fingerprint density at radius 3 is 2.26 bits per heavy atom. The molecular weight excluding hydrogens is 400 g/mol. The Bertz CT molecular complexity index is 698. The standard InChI is InChI=1S/C22H34N4O5/c1-3-30-31-17-25-12-14-26(15-13-25)20-6-4-19(5-7-20)23-22(28)18-8-10-24(11-9-18)16-21(27)29-2/h4-7,18H,3,8-17H2,1-2H3,(H,23,28). The molecule has 9 nitrogen and oxygen atoms in total.